The number of rotatable bonds is 13. The van der Waals surface area contributed by atoms with Crippen molar-refractivity contribution in [1.82, 2.24) is 14.9 Å². The molecule has 1 aliphatic heterocycles. The zero-order valence-corrected chi connectivity index (χ0v) is 26.5. The summed E-state index contributed by atoms with van der Waals surface area (Å²) in [5, 5.41) is 3.38. The molecule has 1 aromatic carbocycles. The van der Waals surface area contributed by atoms with Gasteiger partial charge in [0, 0.05) is 29.6 Å². The lowest BCUT2D eigenvalue weighted by Gasteiger charge is -2.31. The number of para-hydroxylation sites is 1. The fourth-order valence-corrected chi connectivity index (χ4v) is 8.69. The van der Waals surface area contributed by atoms with Crippen LogP contribution in [0.25, 0.3) is 21.6 Å². The third-order valence-corrected chi connectivity index (χ3v) is 11.6. The van der Waals surface area contributed by atoms with Crippen LogP contribution in [0.15, 0.2) is 52.2 Å². The molecule has 15 heteroatoms. The Morgan fingerprint density at radius 1 is 1.18 bits per heavy atom. The molecular formula is C29H33F3N4O5S3. The van der Waals surface area contributed by atoms with Gasteiger partial charge in [0.25, 0.3) is 10.0 Å². The molecule has 3 aromatic heterocycles. The van der Waals surface area contributed by atoms with Crippen molar-refractivity contribution >= 4 is 55.3 Å². The van der Waals surface area contributed by atoms with Gasteiger partial charge in [0.05, 0.1) is 36.7 Å². The molecule has 5 rings (SSSR count). The molecule has 0 aliphatic carbocycles. The van der Waals surface area contributed by atoms with Crippen LogP contribution in [0, 0.1) is 5.92 Å². The predicted octanol–water partition coefficient (Wildman–Crippen LogP) is 6.29. The van der Waals surface area contributed by atoms with Gasteiger partial charge in [-0.1, -0.05) is 18.2 Å². The summed E-state index contributed by atoms with van der Waals surface area (Å²) in [6.45, 7) is 4.82. The number of carbonyl (C=O) groups excluding carboxylic acids is 1. The summed E-state index contributed by atoms with van der Waals surface area (Å²) in [5.74, 6) is -1.92. The third kappa shape index (κ3) is 7.62. The average molecular weight is 671 g/mol. The highest BCUT2D eigenvalue weighted by molar-refractivity contribution is 7.94. The second-order valence-corrected chi connectivity index (χ2v) is 14.6. The van der Waals surface area contributed by atoms with Crippen LogP contribution in [-0.4, -0.2) is 74.9 Å². The maximum absolute atomic E-state index is 13.6. The Morgan fingerprint density at radius 2 is 1.98 bits per heavy atom. The number of thiophene rings is 1. The number of aromatic nitrogens is 2. The van der Waals surface area contributed by atoms with Crippen molar-refractivity contribution in [2.75, 3.05) is 43.8 Å². The van der Waals surface area contributed by atoms with E-state index >= 15 is 0 Å². The first kappa shape index (κ1) is 32.4. The van der Waals surface area contributed by atoms with E-state index in [4.69, 9.17) is 4.74 Å². The van der Waals surface area contributed by atoms with Gasteiger partial charge >= 0.3 is 12.1 Å². The summed E-state index contributed by atoms with van der Waals surface area (Å²) in [6.07, 6.45) is -1.07. The minimum atomic E-state index is -4.96. The molecule has 0 atom stereocenters. The number of carbonyl (C=O) groups is 1. The number of thiazole rings is 1. The number of esters is 1. The highest BCUT2D eigenvalue weighted by Crippen LogP contribution is 2.36. The van der Waals surface area contributed by atoms with Gasteiger partial charge in [0.2, 0.25) is 0 Å². The molecule has 1 fully saturated rings. The first-order valence-corrected chi connectivity index (χ1v) is 17.4. The van der Waals surface area contributed by atoms with Gasteiger partial charge in [-0.2, -0.15) is 13.2 Å². The zero-order chi connectivity index (χ0) is 31.3. The number of likely N-dealkylation sites (tertiary alicyclic amines) is 1. The van der Waals surface area contributed by atoms with E-state index in [1.54, 1.807) is 34.9 Å². The number of sulfonamides is 1. The van der Waals surface area contributed by atoms with E-state index in [0.717, 1.165) is 46.9 Å². The molecule has 0 saturated carbocycles. The van der Waals surface area contributed by atoms with E-state index in [9.17, 15) is 26.4 Å². The molecule has 4 aromatic rings. The molecule has 0 spiro atoms. The van der Waals surface area contributed by atoms with Gasteiger partial charge in [-0.25, -0.2) is 18.2 Å². The SMILES string of the molecule is CCOCCN(c1cccc2cc(-c3ncc(CN4CCC(CCOC(=O)C(F)(F)F)CC4)s3)[nH]c12)S(=O)(=O)c1cccs1. The second kappa shape index (κ2) is 14.0. The fourth-order valence-electron chi connectivity index (χ4n) is 5.20. The first-order valence-electron chi connectivity index (χ1n) is 14.2. The van der Waals surface area contributed by atoms with Crippen LogP contribution >= 0.6 is 22.7 Å². The highest BCUT2D eigenvalue weighted by atomic mass is 32.2. The van der Waals surface area contributed by atoms with Crippen molar-refractivity contribution in [1.29, 1.82) is 0 Å². The van der Waals surface area contributed by atoms with Crippen LogP contribution in [0.2, 0.25) is 0 Å². The number of nitrogens with one attached hydrogen (secondary N) is 1. The monoisotopic (exact) mass is 670 g/mol. The fraction of sp³-hybridized carbons (Fsp3) is 0.448. The predicted molar refractivity (Wildman–Crippen MR) is 164 cm³/mol. The summed E-state index contributed by atoms with van der Waals surface area (Å²) in [6, 6.07) is 10.8. The number of aromatic amines is 1. The molecule has 0 amide bonds. The van der Waals surface area contributed by atoms with Crippen LogP contribution in [0.1, 0.15) is 31.1 Å². The number of halogens is 3. The van der Waals surface area contributed by atoms with Crippen LogP contribution in [0.3, 0.4) is 0 Å². The Hall–Kier alpha value is -2.98. The van der Waals surface area contributed by atoms with Gasteiger partial charge in [-0.15, -0.1) is 22.7 Å². The molecule has 0 bridgehead atoms. The molecule has 1 aliphatic rings. The molecule has 44 heavy (non-hydrogen) atoms. The second-order valence-electron chi connectivity index (χ2n) is 10.4. The molecule has 238 valence electrons. The molecule has 0 radical (unpaired) electrons. The topological polar surface area (TPSA) is 105 Å². The highest BCUT2D eigenvalue weighted by Gasteiger charge is 2.41. The van der Waals surface area contributed by atoms with Gasteiger partial charge in [0.15, 0.2) is 0 Å². The molecule has 1 saturated heterocycles. The van der Waals surface area contributed by atoms with E-state index in [1.807, 2.05) is 31.3 Å². The number of fused-ring (bicyclic) bond motifs is 1. The van der Waals surface area contributed by atoms with Crippen molar-refractivity contribution in [3.05, 3.63) is 52.9 Å². The lowest BCUT2D eigenvalue weighted by molar-refractivity contribution is -0.200. The summed E-state index contributed by atoms with van der Waals surface area (Å²) >= 11 is 2.72. The van der Waals surface area contributed by atoms with E-state index < -0.39 is 22.2 Å². The first-order chi connectivity index (χ1) is 21.1. The van der Waals surface area contributed by atoms with Crippen molar-refractivity contribution < 1.29 is 35.9 Å². The van der Waals surface area contributed by atoms with Crippen molar-refractivity contribution in [2.24, 2.45) is 5.92 Å². The lowest BCUT2D eigenvalue weighted by Crippen LogP contribution is -2.34. The Bertz CT molecular complexity index is 1650. The summed E-state index contributed by atoms with van der Waals surface area (Å²) in [4.78, 5) is 22.3. The van der Waals surface area contributed by atoms with E-state index in [0.29, 0.717) is 30.8 Å². The Kier molecular flexibility index (Phi) is 10.3. The number of ether oxygens (including phenoxy) is 2. The molecule has 1 N–H and O–H groups in total. The number of hydrogen-bond acceptors (Lipinski definition) is 9. The number of piperidine rings is 1. The number of benzene rings is 1. The van der Waals surface area contributed by atoms with Crippen LogP contribution in [0.5, 0.6) is 0 Å². The average Bonchev–Trinajstić information content (AvgIpc) is 3.77. The van der Waals surface area contributed by atoms with Crippen LogP contribution in [0.4, 0.5) is 18.9 Å². The van der Waals surface area contributed by atoms with Gasteiger partial charge < -0.3 is 14.5 Å². The minimum Gasteiger partial charge on any atom is -0.459 e. The molecule has 4 heterocycles. The molecule has 0 unspecified atom stereocenters. The lowest BCUT2D eigenvalue weighted by atomic mass is 9.94. The number of alkyl halides is 3. The number of H-pyrrole nitrogens is 1. The quantitative estimate of drug-likeness (QED) is 0.132. The van der Waals surface area contributed by atoms with Gasteiger partial charge in [-0.3, -0.25) is 9.21 Å². The van der Waals surface area contributed by atoms with Gasteiger partial charge in [0.1, 0.15) is 9.22 Å². The minimum absolute atomic E-state index is 0.165. The van der Waals surface area contributed by atoms with Crippen molar-refractivity contribution in [2.45, 2.75) is 43.1 Å². The van der Waals surface area contributed by atoms with E-state index in [-0.39, 0.29) is 29.9 Å². The normalized spacial score (nSPS) is 15.2. The Balaban J connectivity index is 1.25. The summed E-state index contributed by atoms with van der Waals surface area (Å²) in [7, 11) is -3.80. The van der Waals surface area contributed by atoms with E-state index in [1.165, 1.54) is 15.6 Å². The standard InChI is InChI=1S/C29H33F3N4O5S3/c1-2-40-15-13-36(44(38,39)25-7-4-16-42-25)24-6-3-5-21-17-23(34-26(21)24)27-33-18-22(43-27)19-35-11-8-20(9-12-35)10-14-41-28(37)29(30,31)32/h3-7,16-18,20,34H,2,8-15,19H2,1H3. The molecular weight excluding hydrogens is 638 g/mol. The summed E-state index contributed by atoms with van der Waals surface area (Å²) < 4.78 is 75.7. The third-order valence-electron chi connectivity index (χ3n) is 7.45. The number of nitrogens with zero attached hydrogens (tertiary/aromatic N) is 3. The van der Waals surface area contributed by atoms with Crippen molar-refractivity contribution in [3.63, 3.8) is 0 Å². The van der Waals surface area contributed by atoms with Gasteiger partial charge in [-0.05, 0) is 68.8 Å². The smallest absolute Gasteiger partial charge is 0.459 e. The summed E-state index contributed by atoms with van der Waals surface area (Å²) in [5.41, 5.74) is 2.02. The van der Waals surface area contributed by atoms with Crippen LogP contribution in [-0.2, 0) is 30.8 Å². The Labute approximate surface area is 261 Å². The Morgan fingerprint density at radius 3 is 2.68 bits per heavy atom. The zero-order valence-electron chi connectivity index (χ0n) is 24.0. The van der Waals surface area contributed by atoms with E-state index in [2.05, 4.69) is 19.6 Å². The maximum atomic E-state index is 13.6. The molecule has 9 nitrogen and oxygen atoms in total. The maximum Gasteiger partial charge on any atom is 0.490 e. The number of hydrogen-bond donors (Lipinski definition) is 1. The largest absolute Gasteiger partial charge is 0.490 e. The number of anilines is 1. The van der Waals surface area contributed by atoms with Crippen molar-refractivity contribution in [3.8, 4) is 10.7 Å². The van der Waals surface area contributed by atoms with Crippen LogP contribution < -0.4 is 4.31 Å².